The van der Waals surface area contributed by atoms with Gasteiger partial charge in [0.05, 0.1) is 11.3 Å². The molecule has 1 N–H and O–H groups in total. The van der Waals surface area contributed by atoms with E-state index in [1.54, 1.807) is 0 Å². The number of nitrogens with one attached hydrogen (secondary N) is 1. The van der Waals surface area contributed by atoms with Gasteiger partial charge in [-0.3, -0.25) is 9.69 Å². The van der Waals surface area contributed by atoms with Crippen LogP contribution in [0.1, 0.15) is 54.8 Å². The quantitative estimate of drug-likeness (QED) is 0.909. The topological polar surface area (TPSA) is 77.7 Å². The first kappa shape index (κ1) is 17.4. The molecule has 0 bridgehead atoms. The van der Waals surface area contributed by atoms with Crippen LogP contribution in [0.4, 0.5) is 0 Å². The minimum Gasteiger partial charge on any atom is -0.340 e. The Labute approximate surface area is 148 Å². The summed E-state index contributed by atoms with van der Waals surface area (Å²) in [5.41, 5.74) is 4.40. The Kier molecular flexibility index (Phi) is 4.29. The molecule has 0 amide bonds. The average Bonchev–Trinajstić information content (AvgIpc) is 2.82. The summed E-state index contributed by atoms with van der Waals surface area (Å²) in [7, 11) is 1.91. The molecule has 1 aliphatic rings. The van der Waals surface area contributed by atoms with Gasteiger partial charge in [-0.15, -0.1) is 0 Å². The third-order valence-electron chi connectivity index (χ3n) is 5.01. The first-order chi connectivity index (χ1) is 11.7. The maximum Gasteiger partial charge on any atom is 0.255 e. The highest BCUT2D eigenvalue weighted by Crippen LogP contribution is 2.22. The summed E-state index contributed by atoms with van der Waals surface area (Å²) < 4.78 is 1.91. The Hall–Kier alpha value is -2.39. The van der Waals surface area contributed by atoms with Crippen LogP contribution in [0.2, 0.25) is 0 Å². The fourth-order valence-corrected chi connectivity index (χ4v) is 3.24. The van der Waals surface area contributed by atoms with Crippen molar-refractivity contribution in [3.8, 4) is 6.07 Å². The van der Waals surface area contributed by atoms with E-state index in [1.807, 2.05) is 24.6 Å². The molecular formula is C19H25N5O. The molecule has 0 unspecified atom stereocenters. The van der Waals surface area contributed by atoms with Crippen molar-refractivity contribution in [1.82, 2.24) is 19.4 Å². The highest BCUT2D eigenvalue weighted by molar-refractivity contribution is 5.34. The van der Waals surface area contributed by atoms with E-state index >= 15 is 0 Å². The Bertz CT molecular complexity index is 908. The van der Waals surface area contributed by atoms with Crippen LogP contribution in [0.3, 0.4) is 0 Å². The van der Waals surface area contributed by atoms with Crippen LogP contribution < -0.4 is 5.56 Å². The molecule has 0 aromatic carbocycles. The van der Waals surface area contributed by atoms with E-state index in [9.17, 15) is 10.1 Å². The molecule has 1 aliphatic heterocycles. The number of aromatic amines is 1. The van der Waals surface area contributed by atoms with Gasteiger partial charge < -0.3 is 9.55 Å². The van der Waals surface area contributed by atoms with Gasteiger partial charge in [-0.05, 0) is 18.6 Å². The van der Waals surface area contributed by atoms with Crippen molar-refractivity contribution in [2.24, 2.45) is 7.05 Å². The molecule has 3 rings (SSSR count). The van der Waals surface area contributed by atoms with E-state index in [1.165, 1.54) is 0 Å². The maximum atomic E-state index is 12.5. The summed E-state index contributed by atoms with van der Waals surface area (Å²) in [5, 5.41) is 9.18. The molecule has 2 aromatic rings. The van der Waals surface area contributed by atoms with Gasteiger partial charge in [0, 0.05) is 44.2 Å². The molecule has 6 heteroatoms. The molecule has 0 saturated carbocycles. The molecule has 25 heavy (non-hydrogen) atoms. The average molecular weight is 339 g/mol. The highest BCUT2D eigenvalue weighted by Gasteiger charge is 2.25. The highest BCUT2D eigenvalue weighted by atomic mass is 16.1. The Morgan fingerprint density at radius 1 is 1.40 bits per heavy atom. The summed E-state index contributed by atoms with van der Waals surface area (Å²) in [6.45, 7) is 10.4. The fraction of sp³-hybridized carbons (Fsp3) is 0.526. The molecule has 0 spiro atoms. The Morgan fingerprint density at radius 2 is 2.12 bits per heavy atom. The van der Waals surface area contributed by atoms with Gasteiger partial charge in [0.1, 0.15) is 17.6 Å². The number of rotatable bonds is 2. The minimum atomic E-state index is -0.166. The van der Waals surface area contributed by atoms with Crippen LogP contribution in [-0.2, 0) is 32.0 Å². The lowest BCUT2D eigenvalue weighted by atomic mass is 9.95. The largest absolute Gasteiger partial charge is 0.340 e. The first-order valence-electron chi connectivity index (χ1n) is 8.61. The van der Waals surface area contributed by atoms with Crippen LogP contribution in [0, 0.1) is 18.3 Å². The van der Waals surface area contributed by atoms with E-state index in [4.69, 9.17) is 4.98 Å². The second-order valence-electron chi connectivity index (χ2n) is 7.86. The van der Waals surface area contributed by atoms with Gasteiger partial charge >= 0.3 is 0 Å². The van der Waals surface area contributed by atoms with Crippen LogP contribution in [0.5, 0.6) is 0 Å². The smallest absolute Gasteiger partial charge is 0.255 e. The van der Waals surface area contributed by atoms with Crippen LogP contribution in [-0.4, -0.2) is 26.0 Å². The lowest BCUT2D eigenvalue weighted by Crippen LogP contribution is -2.37. The molecule has 132 valence electrons. The van der Waals surface area contributed by atoms with Gasteiger partial charge in [0.2, 0.25) is 0 Å². The van der Waals surface area contributed by atoms with E-state index in [0.717, 1.165) is 47.8 Å². The second kappa shape index (κ2) is 6.16. The number of hydrogen-bond donors (Lipinski definition) is 1. The zero-order valence-corrected chi connectivity index (χ0v) is 15.6. The van der Waals surface area contributed by atoms with Crippen molar-refractivity contribution in [3.63, 3.8) is 0 Å². The summed E-state index contributed by atoms with van der Waals surface area (Å²) in [5.74, 6) is 0.752. The minimum absolute atomic E-state index is 0.0258. The molecule has 0 aliphatic carbocycles. The Balaban J connectivity index is 1.85. The summed E-state index contributed by atoms with van der Waals surface area (Å²) in [4.78, 5) is 22.4. The monoisotopic (exact) mass is 339 g/mol. The Morgan fingerprint density at radius 3 is 2.72 bits per heavy atom. The van der Waals surface area contributed by atoms with Crippen LogP contribution >= 0.6 is 0 Å². The molecular weight excluding hydrogens is 314 g/mol. The number of hydrogen-bond acceptors (Lipinski definition) is 4. The van der Waals surface area contributed by atoms with E-state index in [2.05, 4.69) is 36.7 Å². The van der Waals surface area contributed by atoms with Crippen molar-refractivity contribution >= 4 is 0 Å². The molecule has 0 atom stereocenters. The predicted molar refractivity (Wildman–Crippen MR) is 96.2 cm³/mol. The molecule has 0 fully saturated rings. The van der Waals surface area contributed by atoms with Crippen molar-refractivity contribution < 1.29 is 0 Å². The number of nitrogens with zero attached hydrogens (tertiary/aromatic N) is 4. The number of nitriles is 1. The molecule has 6 nitrogen and oxygen atoms in total. The number of H-pyrrole nitrogens is 1. The molecule has 3 heterocycles. The zero-order chi connectivity index (χ0) is 18.4. The molecule has 2 aromatic heterocycles. The number of aromatic nitrogens is 3. The van der Waals surface area contributed by atoms with E-state index in [-0.39, 0.29) is 11.0 Å². The fourth-order valence-electron chi connectivity index (χ4n) is 3.24. The van der Waals surface area contributed by atoms with Crippen molar-refractivity contribution in [1.29, 1.82) is 5.26 Å². The maximum absolute atomic E-state index is 12.5. The van der Waals surface area contributed by atoms with Gasteiger partial charge in [-0.25, -0.2) is 4.98 Å². The normalized spacial score (nSPS) is 15.0. The number of fused-ring (bicyclic) bond motifs is 1. The van der Waals surface area contributed by atoms with Crippen molar-refractivity contribution in [2.75, 3.05) is 6.54 Å². The van der Waals surface area contributed by atoms with E-state index in [0.29, 0.717) is 12.2 Å². The van der Waals surface area contributed by atoms with Crippen molar-refractivity contribution in [3.05, 3.63) is 50.5 Å². The van der Waals surface area contributed by atoms with Gasteiger partial charge in [0.25, 0.3) is 5.56 Å². The summed E-state index contributed by atoms with van der Waals surface area (Å²) in [6.07, 6.45) is 0.777. The molecule has 0 radical (unpaired) electrons. The lowest BCUT2D eigenvalue weighted by molar-refractivity contribution is 0.240. The summed E-state index contributed by atoms with van der Waals surface area (Å²) >= 11 is 0. The van der Waals surface area contributed by atoms with Crippen molar-refractivity contribution in [2.45, 2.75) is 52.6 Å². The first-order valence-corrected chi connectivity index (χ1v) is 8.61. The zero-order valence-electron chi connectivity index (χ0n) is 15.6. The third-order valence-corrected chi connectivity index (χ3v) is 5.01. The predicted octanol–water partition coefficient (Wildman–Crippen LogP) is 2.14. The van der Waals surface area contributed by atoms with Gasteiger partial charge in [-0.2, -0.15) is 5.26 Å². The van der Waals surface area contributed by atoms with Crippen LogP contribution in [0.15, 0.2) is 10.9 Å². The summed E-state index contributed by atoms with van der Waals surface area (Å²) in [6, 6.07) is 4.16. The molecule has 0 saturated heterocycles. The van der Waals surface area contributed by atoms with Crippen LogP contribution in [0.25, 0.3) is 0 Å². The van der Waals surface area contributed by atoms with Gasteiger partial charge in [0.15, 0.2) is 0 Å². The lowest BCUT2D eigenvalue weighted by Gasteiger charge is -2.29. The SMILES string of the molecule is Cc1c(CN2CCc3nc(C(C)(C)C)[nH]c(=O)c3C2)cc(C#N)n1C. The van der Waals surface area contributed by atoms with Gasteiger partial charge in [-0.1, -0.05) is 20.8 Å². The third kappa shape index (κ3) is 3.24. The standard InChI is InChI=1S/C19H25N5O/c1-12-13(8-14(9-20)23(12)5)10-24-7-6-16-15(11-24)17(25)22-18(21-16)19(2,3)4/h8H,6-7,10-11H2,1-5H3,(H,21,22,25). The second-order valence-corrected chi connectivity index (χ2v) is 7.86. The van der Waals surface area contributed by atoms with E-state index < -0.39 is 0 Å².